The molecule has 0 bridgehead atoms. The lowest BCUT2D eigenvalue weighted by molar-refractivity contribution is 0.434. The molecule has 50 heavy (non-hydrogen) atoms. The van der Waals surface area contributed by atoms with Crippen molar-refractivity contribution in [2.75, 3.05) is 0 Å². The monoisotopic (exact) mass is 641 g/mol. The summed E-state index contributed by atoms with van der Waals surface area (Å²) in [6.45, 7) is 0. The van der Waals surface area contributed by atoms with Gasteiger partial charge in [-0.3, -0.25) is 0 Å². The van der Waals surface area contributed by atoms with Gasteiger partial charge in [-0.2, -0.15) is 0 Å². The highest BCUT2D eigenvalue weighted by atomic mass is 16.5. The Bertz CT molecular complexity index is 2410. The predicted octanol–water partition coefficient (Wildman–Crippen LogP) is 11.0. The molecule has 7 aromatic carbocycles. The van der Waals surface area contributed by atoms with Crippen molar-refractivity contribution in [3.8, 4) is 56.8 Å². The quantitative estimate of drug-likeness (QED) is 0.181. The molecule has 9 rings (SSSR count). The molecule has 0 spiro atoms. The van der Waals surface area contributed by atoms with Crippen molar-refractivity contribution in [2.45, 2.75) is 5.41 Å². The van der Waals surface area contributed by atoms with E-state index in [-0.39, 0.29) is 0 Å². The van der Waals surface area contributed by atoms with E-state index in [2.05, 4.69) is 140 Å². The van der Waals surface area contributed by atoms with Gasteiger partial charge in [0.2, 0.25) is 0 Å². The Morgan fingerprint density at radius 3 is 1.48 bits per heavy atom. The van der Waals surface area contributed by atoms with E-state index in [1.807, 2.05) is 48.5 Å². The van der Waals surface area contributed by atoms with E-state index < -0.39 is 5.41 Å². The number of fused-ring (bicyclic) bond motifs is 2. The molecule has 0 unspecified atom stereocenters. The first-order valence-corrected chi connectivity index (χ1v) is 16.8. The highest BCUT2D eigenvalue weighted by Crippen LogP contribution is 2.55. The van der Waals surface area contributed by atoms with Crippen LogP contribution in [0.25, 0.3) is 45.3 Å². The number of nitrogens with zero attached hydrogens (tertiary/aromatic N) is 3. The molecule has 1 aromatic heterocycles. The van der Waals surface area contributed by atoms with Gasteiger partial charge in [-0.1, -0.05) is 176 Å². The molecule has 0 saturated heterocycles. The number of ether oxygens (including phenoxy) is 1. The van der Waals surface area contributed by atoms with E-state index in [0.717, 1.165) is 50.4 Å². The summed E-state index contributed by atoms with van der Waals surface area (Å²) < 4.78 is 6.77. The molecule has 0 N–H and O–H groups in total. The third-order valence-corrected chi connectivity index (χ3v) is 9.49. The number of benzene rings is 7. The van der Waals surface area contributed by atoms with Crippen molar-refractivity contribution in [1.29, 1.82) is 0 Å². The van der Waals surface area contributed by atoms with Crippen molar-refractivity contribution in [1.82, 2.24) is 15.0 Å². The fourth-order valence-electron chi connectivity index (χ4n) is 7.24. The molecule has 4 nitrogen and oxygen atoms in total. The molecule has 8 aromatic rings. The van der Waals surface area contributed by atoms with Gasteiger partial charge in [-0.25, -0.2) is 15.0 Å². The van der Waals surface area contributed by atoms with E-state index >= 15 is 0 Å². The van der Waals surface area contributed by atoms with Crippen LogP contribution in [0.3, 0.4) is 0 Å². The first-order valence-electron chi connectivity index (χ1n) is 16.8. The molecule has 2 heterocycles. The smallest absolute Gasteiger partial charge is 0.164 e. The minimum absolute atomic E-state index is 0.576. The molecule has 4 heteroatoms. The second kappa shape index (κ2) is 12.4. The van der Waals surface area contributed by atoms with Gasteiger partial charge in [0.05, 0.1) is 5.41 Å². The van der Waals surface area contributed by atoms with Gasteiger partial charge in [0.15, 0.2) is 17.5 Å². The Labute approximate surface area is 291 Å². The molecule has 0 radical (unpaired) electrons. The van der Waals surface area contributed by atoms with Gasteiger partial charge in [0.25, 0.3) is 0 Å². The van der Waals surface area contributed by atoms with Crippen LogP contribution < -0.4 is 4.74 Å². The topological polar surface area (TPSA) is 47.9 Å². The zero-order chi connectivity index (χ0) is 33.3. The molecular weight excluding hydrogens is 611 g/mol. The summed E-state index contributed by atoms with van der Waals surface area (Å²) in [5.41, 5.74) is 8.77. The summed E-state index contributed by atoms with van der Waals surface area (Å²) in [4.78, 5) is 15.3. The average Bonchev–Trinajstić information content (AvgIpc) is 3.21. The van der Waals surface area contributed by atoms with Crippen LogP contribution in [0.1, 0.15) is 22.3 Å². The number of hydrogen-bond acceptors (Lipinski definition) is 4. The zero-order valence-electron chi connectivity index (χ0n) is 27.1. The van der Waals surface area contributed by atoms with E-state index in [9.17, 15) is 0 Å². The lowest BCUT2D eigenvalue weighted by Gasteiger charge is -2.41. The Balaban J connectivity index is 1.27. The van der Waals surface area contributed by atoms with E-state index in [4.69, 9.17) is 19.7 Å². The average molecular weight is 642 g/mol. The number of aromatic nitrogens is 3. The third-order valence-electron chi connectivity index (χ3n) is 9.49. The van der Waals surface area contributed by atoms with Crippen LogP contribution in [0.4, 0.5) is 0 Å². The highest BCUT2D eigenvalue weighted by Gasteiger charge is 2.45. The van der Waals surface area contributed by atoms with Gasteiger partial charge in [-0.15, -0.1) is 0 Å². The minimum atomic E-state index is -0.598. The molecule has 0 atom stereocenters. The summed E-state index contributed by atoms with van der Waals surface area (Å²) in [7, 11) is 0. The zero-order valence-corrected chi connectivity index (χ0v) is 27.1. The van der Waals surface area contributed by atoms with Crippen LogP contribution in [0.2, 0.25) is 0 Å². The van der Waals surface area contributed by atoms with Crippen molar-refractivity contribution < 1.29 is 4.74 Å². The highest BCUT2D eigenvalue weighted by molar-refractivity contribution is 5.82. The van der Waals surface area contributed by atoms with Crippen LogP contribution in [0.15, 0.2) is 188 Å². The van der Waals surface area contributed by atoms with Crippen LogP contribution in [0.5, 0.6) is 11.5 Å². The van der Waals surface area contributed by atoms with Gasteiger partial charge in [0.1, 0.15) is 11.5 Å². The maximum Gasteiger partial charge on any atom is 0.164 e. The maximum absolute atomic E-state index is 6.77. The summed E-state index contributed by atoms with van der Waals surface area (Å²) in [5.74, 6) is 3.39. The first-order chi connectivity index (χ1) is 24.8. The molecule has 0 amide bonds. The molecule has 0 fully saturated rings. The van der Waals surface area contributed by atoms with E-state index in [1.165, 1.54) is 11.1 Å². The van der Waals surface area contributed by atoms with Crippen LogP contribution in [0, 0.1) is 0 Å². The largest absolute Gasteiger partial charge is 0.457 e. The van der Waals surface area contributed by atoms with Crippen molar-refractivity contribution in [2.24, 2.45) is 0 Å². The molecule has 0 aliphatic carbocycles. The Kier molecular flexibility index (Phi) is 7.33. The minimum Gasteiger partial charge on any atom is -0.457 e. The van der Waals surface area contributed by atoms with Crippen molar-refractivity contribution in [3.63, 3.8) is 0 Å². The lowest BCUT2D eigenvalue weighted by Crippen LogP contribution is -2.34. The number of hydrogen-bond donors (Lipinski definition) is 0. The van der Waals surface area contributed by atoms with Crippen molar-refractivity contribution >= 4 is 0 Å². The van der Waals surface area contributed by atoms with Gasteiger partial charge in [0, 0.05) is 27.8 Å². The normalized spacial score (nSPS) is 12.7. The van der Waals surface area contributed by atoms with Gasteiger partial charge < -0.3 is 4.74 Å². The molecule has 0 saturated carbocycles. The van der Waals surface area contributed by atoms with Crippen LogP contribution >= 0.6 is 0 Å². The molecular formula is C46H31N3O. The fraction of sp³-hybridized carbons (Fsp3) is 0.0217. The number of rotatable bonds is 6. The summed E-state index contributed by atoms with van der Waals surface area (Å²) in [6.07, 6.45) is 0. The van der Waals surface area contributed by atoms with E-state index in [1.54, 1.807) is 0 Å². The van der Waals surface area contributed by atoms with Crippen LogP contribution in [-0.4, -0.2) is 15.0 Å². The summed E-state index contributed by atoms with van der Waals surface area (Å²) >= 11 is 0. The molecule has 1 aliphatic heterocycles. The van der Waals surface area contributed by atoms with Gasteiger partial charge >= 0.3 is 0 Å². The fourth-order valence-corrected chi connectivity index (χ4v) is 7.24. The standard InChI is InChI=1S/C46H31N3O/c1-5-17-32(18-6-1)37-25-13-14-26-38(37)45-48-43(33-19-7-2-8-20-33)47-44(49-45)34-29-30-40-42(31-34)50-41-28-16-15-27-39(41)46(40,35-21-9-3-10-22-35)36-23-11-4-12-24-36/h1-31H. The third kappa shape index (κ3) is 4.97. The maximum atomic E-state index is 6.77. The summed E-state index contributed by atoms with van der Waals surface area (Å²) in [6, 6.07) is 64.9. The predicted molar refractivity (Wildman–Crippen MR) is 200 cm³/mol. The second-order valence-electron chi connectivity index (χ2n) is 12.4. The Morgan fingerprint density at radius 2 is 0.820 bits per heavy atom. The molecule has 236 valence electrons. The number of para-hydroxylation sites is 1. The lowest BCUT2D eigenvalue weighted by atomic mass is 9.63. The SMILES string of the molecule is c1ccc(-c2nc(-c3ccc4c(c3)Oc3ccccc3C4(c3ccccc3)c3ccccc3)nc(-c3ccccc3-c3ccccc3)n2)cc1. The first kappa shape index (κ1) is 29.5. The van der Waals surface area contributed by atoms with E-state index in [0.29, 0.717) is 17.5 Å². The Hall–Kier alpha value is -6.65. The second-order valence-corrected chi connectivity index (χ2v) is 12.4. The van der Waals surface area contributed by atoms with Gasteiger partial charge in [-0.05, 0) is 34.4 Å². The summed E-state index contributed by atoms with van der Waals surface area (Å²) in [5, 5.41) is 0. The Morgan fingerprint density at radius 1 is 0.340 bits per heavy atom. The van der Waals surface area contributed by atoms with Crippen molar-refractivity contribution in [3.05, 3.63) is 210 Å². The van der Waals surface area contributed by atoms with Crippen LogP contribution in [-0.2, 0) is 5.41 Å². The molecule has 1 aliphatic rings.